The molecule has 5 rings (SSSR count). The van der Waals surface area contributed by atoms with E-state index in [1.54, 1.807) is 12.1 Å². The second kappa shape index (κ2) is 11.9. The Morgan fingerprint density at radius 1 is 1.00 bits per heavy atom. The first-order valence-corrected chi connectivity index (χ1v) is 15.2. The summed E-state index contributed by atoms with van der Waals surface area (Å²) < 4.78 is 40.5. The molecule has 1 amide bonds. The highest BCUT2D eigenvalue weighted by Gasteiger charge is 2.63. The fraction of sp³-hybridized carbons (Fsp3) is 0.457. The van der Waals surface area contributed by atoms with Gasteiger partial charge in [-0.15, -0.1) is 0 Å². The van der Waals surface area contributed by atoms with Gasteiger partial charge >= 0.3 is 12.1 Å². The summed E-state index contributed by atoms with van der Waals surface area (Å²) in [5.41, 5.74) is 0.604. The molecule has 0 spiro atoms. The van der Waals surface area contributed by atoms with Gasteiger partial charge in [0.25, 0.3) is 5.56 Å². The van der Waals surface area contributed by atoms with Crippen molar-refractivity contribution in [1.29, 1.82) is 0 Å². The number of carbonyl (C=O) groups is 2. The van der Waals surface area contributed by atoms with Crippen LogP contribution in [-0.2, 0) is 28.7 Å². The van der Waals surface area contributed by atoms with Gasteiger partial charge in [-0.2, -0.15) is 13.2 Å². The van der Waals surface area contributed by atoms with Crippen molar-refractivity contribution >= 4 is 17.6 Å². The van der Waals surface area contributed by atoms with E-state index in [2.05, 4.69) is 26.1 Å². The van der Waals surface area contributed by atoms with Crippen LogP contribution in [0.3, 0.4) is 0 Å². The summed E-state index contributed by atoms with van der Waals surface area (Å²) in [4.78, 5) is 38.3. The van der Waals surface area contributed by atoms with Crippen molar-refractivity contribution in [3.8, 4) is 0 Å². The number of benzene rings is 2. The standard InChI is InChI=1S/C35H39F3N2O4/c1-33(2,3)28-19-34(28,32(43)44)18-23-7-6-10-27(17-23)39-31(42)30(24-8-4-5-9-24)25-13-11-22(12-14-25)20-40-21-26(35(36,37)38)15-16-29(40)41/h6-7,10-17,21,24,28,30H,4-5,8-9,18-20H2,1-3H3,(H,39,42)(H,43,44)/t28?,30-,34?/m0/s1. The van der Waals surface area contributed by atoms with Crippen molar-refractivity contribution in [3.05, 3.63) is 99.5 Å². The number of nitrogens with zero attached hydrogens (tertiary/aromatic N) is 1. The van der Waals surface area contributed by atoms with Crippen LogP contribution in [0.25, 0.3) is 0 Å². The van der Waals surface area contributed by atoms with Crippen LogP contribution in [0.4, 0.5) is 18.9 Å². The Morgan fingerprint density at radius 3 is 2.27 bits per heavy atom. The molecule has 3 atom stereocenters. The van der Waals surface area contributed by atoms with Crippen LogP contribution in [0.1, 0.15) is 81.0 Å². The fourth-order valence-corrected chi connectivity index (χ4v) is 7.07. The highest BCUT2D eigenvalue weighted by Crippen LogP contribution is 2.62. The normalized spacial score (nSPS) is 21.2. The monoisotopic (exact) mass is 608 g/mol. The summed E-state index contributed by atoms with van der Waals surface area (Å²) in [5.74, 6) is -1.14. The van der Waals surface area contributed by atoms with Crippen molar-refractivity contribution in [2.45, 2.75) is 77.9 Å². The number of aromatic nitrogens is 1. The number of pyridine rings is 1. The summed E-state index contributed by atoms with van der Waals surface area (Å²) >= 11 is 0. The number of alkyl halides is 3. The quantitative estimate of drug-likeness (QED) is 0.263. The maximum absolute atomic E-state index is 13.8. The number of carboxylic acid groups (broad SMARTS) is 1. The molecule has 2 N–H and O–H groups in total. The topological polar surface area (TPSA) is 88.4 Å². The maximum Gasteiger partial charge on any atom is 0.417 e. The predicted octanol–water partition coefficient (Wildman–Crippen LogP) is 7.51. The molecule has 1 aromatic heterocycles. The van der Waals surface area contributed by atoms with Gasteiger partial charge in [0.15, 0.2) is 0 Å². The molecule has 1 heterocycles. The van der Waals surface area contributed by atoms with Crippen molar-refractivity contribution in [1.82, 2.24) is 4.57 Å². The van der Waals surface area contributed by atoms with Crippen LogP contribution in [0.5, 0.6) is 0 Å². The van der Waals surface area contributed by atoms with Crippen LogP contribution >= 0.6 is 0 Å². The minimum absolute atomic E-state index is 0.0238. The molecule has 2 aliphatic rings. The lowest BCUT2D eigenvalue weighted by molar-refractivity contribution is -0.144. The maximum atomic E-state index is 13.8. The second-order valence-corrected chi connectivity index (χ2v) is 13.6. The first-order valence-electron chi connectivity index (χ1n) is 15.2. The van der Waals surface area contributed by atoms with E-state index in [1.165, 1.54) is 0 Å². The number of rotatable bonds is 9. The molecule has 2 aromatic carbocycles. The lowest BCUT2D eigenvalue weighted by Gasteiger charge is -2.24. The van der Waals surface area contributed by atoms with E-state index in [0.717, 1.165) is 59.7 Å². The second-order valence-electron chi connectivity index (χ2n) is 13.6. The number of hydrogen-bond acceptors (Lipinski definition) is 3. The summed E-state index contributed by atoms with van der Waals surface area (Å²) in [7, 11) is 0. The van der Waals surface area contributed by atoms with E-state index < -0.39 is 34.6 Å². The Bertz CT molecular complexity index is 1580. The molecule has 44 heavy (non-hydrogen) atoms. The number of hydrogen-bond donors (Lipinski definition) is 2. The molecule has 234 valence electrons. The molecule has 6 nitrogen and oxygen atoms in total. The molecule has 9 heteroatoms. The van der Waals surface area contributed by atoms with Crippen molar-refractivity contribution < 1.29 is 27.9 Å². The smallest absolute Gasteiger partial charge is 0.417 e. The lowest BCUT2D eigenvalue weighted by atomic mass is 9.82. The number of aliphatic carboxylic acids is 1. The van der Waals surface area contributed by atoms with Gasteiger partial charge < -0.3 is 15.0 Å². The summed E-state index contributed by atoms with van der Waals surface area (Å²) in [6, 6.07) is 16.3. The van der Waals surface area contributed by atoms with E-state index in [1.807, 2.05) is 36.4 Å². The van der Waals surface area contributed by atoms with Gasteiger partial charge in [0.2, 0.25) is 5.91 Å². The molecule has 0 radical (unpaired) electrons. The first kappa shape index (κ1) is 31.5. The van der Waals surface area contributed by atoms with E-state index in [0.29, 0.717) is 24.1 Å². The van der Waals surface area contributed by atoms with E-state index >= 15 is 0 Å². The average molecular weight is 609 g/mol. The highest BCUT2D eigenvalue weighted by atomic mass is 19.4. The number of halogens is 3. The van der Waals surface area contributed by atoms with Crippen molar-refractivity contribution in [3.63, 3.8) is 0 Å². The summed E-state index contributed by atoms with van der Waals surface area (Å²) in [5, 5.41) is 13.1. The molecular formula is C35H39F3N2O4. The van der Waals surface area contributed by atoms with Crippen LogP contribution in [-0.4, -0.2) is 21.6 Å². The molecule has 2 unspecified atom stereocenters. The Labute approximate surface area is 255 Å². The minimum atomic E-state index is -4.55. The van der Waals surface area contributed by atoms with E-state index in [9.17, 15) is 32.7 Å². The van der Waals surface area contributed by atoms with Crippen LogP contribution < -0.4 is 10.9 Å². The van der Waals surface area contributed by atoms with Crippen LogP contribution in [0.2, 0.25) is 0 Å². The molecule has 2 saturated carbocycles. The van der Waals surface area contributed by atoms with Gasteiger partial charge in [-0.3, -0.25) is 14.4 Å². The molecule has 0 saturated heterocycles. The largest absolute Gasteiger partial charge is 0.481 e. The number of nitrogens with one attached hydrogen (secondary N) is 1. The number of carbonyl (C=O) groups excluding carboxylic acids is 1. The van der Waals surface area contributed by atoms with E-state index in [4.69, 9.17) is 0 Å². The van der Waals surface area contributed by atoms with Crippen LogP contribution in [0.15, 0.2) is 71.7 Å². The van der Waals surface area contributed by atoms with Crippen LogP contribution in [0, 0.1) is 22.7 Å². The van der Waals surface area contributed by atoms with Gasteiger partial charge in [0.1, 0.15) is 0 Å². The van der Waals surface area contributed by atoms with Gasteiger partial charge in [0.05, 0.1) is 23.4 Å². The zero-order valence-electron chi connectivity index (χ0n) is 25.3. The molecular weight excluding hydrogens is 569 g/mol. The summed E-state index contributed by atoms with van der Waals surface area (Å²) in [6.45, 7) is 6.18. The van der Waals surface area contributed by atoms with Gasteiger partial charge in [-0.1, -0.05) is 70.0 Å². The van der Waals surface area contributed by atoms with Gasteiger partial charge in [-0.05, 0) is 77.8 Å². The van der Waals surface area contributed by atoms with Gasteiger partial charge in [0, 0.05) is 18.0 Å². The Hall–Kier alpha value is -3.88. The Morgan fingerprint density at radius 2 is 1.68 bits per heavy atom. The van der Waals surface area contributed by atoms with Crippen molar-refractivity contribution in [2.24, 2.45) is 22.7 Å². The lowest BCUT2D eigenvalue weighted by Crippen LogP contribution is -2.27. The molecule has 0 bridgehead atoms. The Kier molecular flexibility index (Phi) is 8.53. The first-order chi connectivity index (χ1) is 20.7. The SMILES string of the molecule is CC(C)(C)C1CC1(Cc1cccc(NC(=O)[C@H](c2ccc(Cn3cc(C(F)(F)F)ccc3=O)cc2)C2CCCC2)c1)C(=O)O. The molecule has 0 aliphatic heterocycles. The zero-order chi connectivity index (χ0) is 31.9. The molecule has 3 aromatic rings. The third-order valence-electron chi connectivity index (χ3n) is 9.42. The number of amides is 1. The summed E-state index contributed by atoms with van der Waals surface area (Å²) in [6.07, 6.45) is 1.19. The molecule has 2 aliphatic carbocycles. The third kappa shape index (κ3) is 6.76. The Balaban J connectivity index is 1.33. The third-order valence-corrected chi connectivity index (χ3v) is 9.42. The minimum Gasteiger partial charge on any atom is -0.481 e. The van der Waals surface area contributed by atoms with Crippen molar-refractivity contribution in [2.75, 3.05) is 5.32 Å². The van der Waals surface area contributed by atoms with Gasteiger partial charge in [-0.25, -0.2) is 0 Å². The highest BCUT2D eigenvalue weighted by molar-refractivity contribution is 5.96. The average Bonchev–Trinajstić information content (AvgIpc) is 3.46. The number of carboxylic acids is 1. The predicted molar refractivity (Wildman–Crippen MR) is 162 cm³/mol. The number of anilines is 1. The fourth-order valence-electron chi connectivity index (χ4n) is 7.07. The zero-order valence-corrected chi connectivity index (χ0v) is 25.3. The molecule has 2 fully saturated rings. The van der Waals surface area contributed by atoms with E-state index in [-0.39, 0.29) is 29.7 Å².